The topological polar surface area (TPSA) is 81.1 Å². The monoisotopic (exact) mass is 319 g/mol. The van der Waals surface area contributed by atoms with E-state index in [-0.39, 0.29) is 5.91 Å². The summed E-state index contributed by atoms with van der Waals surface area (Å²) in [5.41, 5.74) is 7.37. The van der Waals surface area contributed by atoms with Crippen molar-refractivity contribution in [2.24, 2.45) is 0 Å². The van der Waals surface area contributed by atoms with Gasteiger partial charge in [-0.05, 0) is 30.3 Å². The molecule has 7 heteroatoms. The zero-order valence-corrected chi connectivity index (χ0v) is 12.7. The van der Waals surface area contributed by atoms with Gasteiger partial charge in [0.1, 0.15) is 5.76 Å². The molecular weight excluding hydrogens is 306 g/mol. The Morgan fingerprint density at radius 3 is 3.14 bits per heavy atom. The molecule has 0 aliphatic heterocycles. The number of furan rings is 1. The lowest BCUT2D eigenvalue weighted by Gasteiger charge is -2.01. The van der Waals surface area contributed by atoms with Crippen LogP contribution in [0.4, 0.5) is 5.69 Å². The molecule has 0 saturated carbocycles. The summed E-state index contributed by atoms with van der Waals surface area (Å²) in [7, 11) is 0. The highest BCUT2D eigenvalue weighted by atomic mass is 32.2. The minimum absolute atomic E-state index is 0.0461. The first-order chi connectivity index (χ1) is 10.2. The standard InChI is InChI=1S/C14H13N3O2S2/c15-9-3-4-11-12(6-9)21-14(17-11)20-8-13(18)16-7-10-2-1-5-19-10/h1-6H,7-8,15H2,(H,16,18). The van der Waals surface area contributed by atoms with E-state index in [4.69, 9.17) is 10.2 Å². The number of hydrogen-bond donors (Lipinski definition) is 2. The van der Waals surface area contributed by atoms with Gasteiger partial charge in [-0.1, -0.05) is 11.8 Å². The lowest BCUT2D eigenvalue weighted by atomic mass is 10.3. The summed E-state index contributed by atoms with van der Waals surface area (Å²) in [5, 5.41) is 2.80. The first-order valence-electron chi connectivity index (χ1n) is 6.28. The summed E-state index contributed by atoms with van der Waals surface area (Å²) in [6.45, 7) is 0.406. The summed E-state index contributed by atoms with van der Waals surface area (Å²) in [6, 6.07) is 9.23. The van der Waals surface area contributed by atoms with E-state index >= 15 is 0 Å². The molecule has 3 rings (SSSR count). The van der Waals surface area contributed by atoms with Crippen molar-refractivity contribution in [2.45, 2.75) is 10.9 Å². The van der Waals surface area contributed by atoms with Gasteiger partial charge in [0.25, 0.3) is 0 Å². The normalized spacial score (nSPS) is 10.9. The summed E-state index contributed by atoms with van der Waals surface area (Å²) in [5.74, 6) is 1.02. The van der Waals surface area contributed by atoms with Crippen LogP contribution < -0.4 is 11.1 Å². The first kappa shape index (κ1) is 14.0. The molecule has 21 heavy (non-hydrogen) atoms. The molecule has 0 saturated heterocycles. The Morgan fingerprint density at radius 2 is 2.33 bits per heavy atom. The second-order valence-electron chi connectivity index (χ2n) is 4.35. The summed E-state index contributed by atoms with van der Waals surface area (Å²) < 4.78 is 7.05. The van der Waals surface area contributed by atoms with Crippen LogP contribution >= 0.6 is 23.1 Å². The van der Waals surface area contributed by atoms with Crippen LogP contribution in [0.15, 0.2) is 45.4 Å². The molecule has 0 aliphatic rings. The van der Waals surface area contributed by atoms with Crippen LogP contribution in [0.3, 0.4) is 0 Å². The van der Waals surface area contributed by atoms with Crippen molar-refractivity contribution in [3.05, 3.63) is 42.4 Å². The van der Waals surface area contributed by atoms with Crippen molar-refractivity contribution in [2.75, 3.05) is 11.5 Å². The average Bonchev–Trinajstić information content (AvgIpc) is 3.11. The van der Waals surface area contributed by atoms with E-state index in [2.05, 4.69) is 10.3 Å². The van der Waals surface area contributed by atoms with Crippen LogP contribution in [-0.2, 0) is 11.3 Å². The van der Waals surface area contributed by atoms with Crippen molar-refractivity contribution in [1.82, 2.24) is 10.3 Å². The van der Waals surface area contributed by atoms with Gasteiger partial charge in [-0.2, -0.15) is 0 Å². The molecule has 1 amide bonds. The van der Waals surface area contributed by atoms with Gasteiger partial charge in [-0.3, -0.25) is 4.79 Å². The number of thioether (sulfide) groups is 1. The Morgan fingerprint density at radius 1 is 1.43 bits per heavy atom. The average molecular weight is 319 g/mol. The van der Waals surface area contributed by atoms with Crippen molar-refractivity contribution in [3.63, 3.8) is 0 Å². The molecule has 3 aromatic rings. The van der Waals surface area contributed by atoms with Crippen LogP contribution in [0.5, 0.6) is 0 Å². The van der Waals surface area contributed by atoms with Crippen LogP contribution in [-0.4, -0.2) is 16.6 Å². The maximum atomic E-state index is 11.8. The number of fused-ring (bicyclic) bond motifs is 1. The number of rotatable bonds is 5. The molecule has 0 bridgehead atoms. The third kappa shape index (κ3) is 3.56. The zero-order chi connectivity index (χ0) is 14.7. The molecule has 0 unspecified atom stereocenters. The van der Waals surface area contributed by atoms with E-state index in [9.17, 15) is 4.79 Å². The Kier molecular flexibility index (Phi) is 4.12. The van der Waals surface area contributed by atoms with E-state index in [0.29, 0.717) is 12.3 Å². The van der Waals surface area contributed by atoms with Crippen molar-refractivity contribution in [3.8, 4) is 0 Å². The molecule has 2 heterocycles. The maximum absolute atomic E-state index is 11.8. The van der Waals surface area contributed by atoms with Crippen LogP contribution in [0.25, 0.3) is 10.2 Å². The minimum atomic E-state index is -0.0461. The van der Waals surface area contributed by atoms with E-state index in [1.54, 1.807) is 23.7 Å². The number of carbonyl (C=O) groups excluding carboxylic acids is 1. The number of hydrogen-bond acceptors (Lipinski definition) is 6. The predicted octanol–water partition coefficient (Wildman–Crippen LogP) is 2.88. The minimum Gasteiger partial charge on any atom is -0.467 e. The summed E-state index contributed by atoms with van der Waals surface area (Å²) >= 11 is 2.96. The second kappa shape index (κ2) is 6.19. The zero-order valence-electron chi connectivity index (χ0n) is 11.0. The van der Waals surface area contributed by atoms with Gasteiger partial charge in [0, 0.05) is 5.69 Å². The molecular formula is C14H13N3O2S2. The number of benzene rings is 1. The Hall–Kier alpha value is -1.99. The Labute approximate surface area is 129 Å². The number of nitrogens with zero attached hydrogens (tertiary/aromatic N) is 1. The van der Waals surface area contributed by atoms with E-state index < -0.39 is 0 Å². The summed E-state index contributed by atoms with van der Waals surface area (Å²) in [6.07, 6.45) is 1.59. The van der Waals surface area contributed by atoms with Crippen molar-refractivity contribution < 1.29 is 9.21 Å². The Bertz CT molecular complexity index is 753. The van der Waals surface area contributed by atoms with E-state index in [0.717, 1.165) is 26.0 Å². The third-order valence-corrected chi connectivity index (χ3v) is 4.92. The number of anilines is 1. The van der Waals surface area contributed by atoms with Gasteiger partial charge >= 0.3 is 0 Å². The molecule has 0 fully saturated rings. The number of thiazole rings is 1. The van der Waals surface area contributed by atoms with Gasteiger partial charge in [-0.25, -0.2) is 4.98 Å². The fraction of sp³-hybridized carbons (Fsp3) is 0.143. The Balaban J connectivity index is 1.54. The van der Waals surface area contributed by atoms with Crippen molar-refractivity contribution in [1.29, 1.82) is 0 Å². The quantitative estimate of drug-likeness (QED) is 0.558. The largest absolute Gasteiger partial charge is 0.467 e. The second-order valence-corrected chi connectivity index (χ2v) is 6.60. The van der Waals surface area contributed by atoms with Crippen molar-refractivity contribution >= 4 is 44.9 Å². The molecule has 0 radical (unpaired) electrons. The first-order valence-corrected chi connectivity index (χ1v) is 8.09. The molecule has 2 aromatic heterocycles. The number of nitrogens with two attached hydrogens (primary N) is 1. The third-order valence-electron chi connectivity index (χ3n) is 2.76. The number of nitrogens with one attached hydrogen (secondary N) is 1. The molecule has 108 valence electrons. The SMILES string of the molecule is Nc1ccc2nc(SCC(=O)NCc3ccco3)sc2c1. The highest BCUT2D eigenvalue weighted by Crippen LogP contribution is 2.30. The van der Waals surface area contributed by atoms with Crippen LogP contribution in [0, 0.1) is 0 Å². The molecule has 0 spiro atoms. The van der Waals surface area contributed by atoms with E-state index in [1.165, 1.54) is 11.8 Å². The van der Waals surface area contributed by atoms with Gasteiger partial charge in [0.2, 0.25) is 5.91 Å². The molecule has 5 nitrogen and oxygen atoms in total. The highest BCUT2D eigenvalue weighted by Gasteiger charge is 2.08. The number of carbonyl (C=O) groups is 1. The lowest BCUT2D eigenvalue weighted by molar-refractivity contribution is -0.118. The number of nitrogen functional groups attached to an aromatic ring is 1. The maximum Gasteiger partial charge on any atom is 0.230 e. The van der Waals surface area contributed by atoms with Gasteiger partial charge < -0.3 is 15.5 Å². The highest BCUT2D eigenvalue weighted by molar-refractivity contribution is 8.01. The lowest BCUT2D eigenvalue weighted by Crippen LogP contribution is -2.24. The fourth-order valence-electron chi connectivity index (χ4n) is 1.76. The molecule has 3 N–H and O–H groups in total. The van der Waals surface area contributed by atoms with Crippen LogP contribution in [0.2, 0.25) is 0 Å². The number of aromatic nitrogens is 1. The van der Waals surface area contributed by atoms with E-state index in [1.807, 2.05) is 24.3 Å². The number of amides is 1. The fourth-order valence-corrected chi connectivity index (χ4v) is 3.71. The van der Waals surface area contributed by atoms with Gasteiger partial charge in [-0.15, -0.1) is 11.3 Å². The summed E-state index contributed by atoms with van der Waals surface area (Å²) in [4.78, 5) is 16.2. The predicted molar refractivity (Wildman–Crippen MR) is 85.3 cm³/mol. The van der Waals surface area contributed by atoms with Crippen LogP contribution in [0.1, 0.15) is 5.76 Å². The molecule has 0 atom stereocenters. The van der Waals surface area contributed by atoms with Gasteiger partial charge in [0.15, 0.2) is 4.34 Å². The van der Waals surface area contributed by atoms with Gasteiger partial charge in [0.05, 0.1) is 28.8 Å². The smallest absolute Gasteiger partial charge is 0.230 e. The molecule has 1 aromatic carbocycles. The molecule has 0 aliphatic carbocycles.